The summed E-state index contributed by atoms with van der Waals surface area (Å²) in [7, 11) is 0. The van der Waals surface area contributed by atoms with E-state index in [9.17, 15) is 4.79 Å². The van der Waals surface area contributed by atoms with Gasteiger partial charge in [-0.1, -0.05) is 19.3 Å². The molecule has 24 heavy (non-hydrogen) atoms. The molecule has 0 aromatic heterocycles. The predicted octanol–water partition coefficient (Wildman–Crippen LogP) is 2.71. The first-order chi connectivity index (χ1) is 11.7. The first-order valence-electron chi connectivity index (χ1n) is 8.81. The summed E-state index contributed by atoms with van der Waals surface area (Å²) in [6, 6.07) is 0. The number of carbonyl (C=O) groups excluding carboxylic acids is 1. The Kier molecular flexibility index (Phi) is 12.3. The van der Waals surface area contributed by atoms with Gasteiger partial charge in [0, 0.05) is 25.7 Å². The van der Waals surface area contributed by atoms with Crippen LogP contribution in [0.25, 0.3) is 0 Å². The minimum Gasteiger partial charge on any atom is -0.369 e. The molecule has 0 aromatic rings. The summed E-state index contributed by atoms with van der Waals surface area (Å²) < 4.78 is 0.799. The predicted molar refractivity (Wildman–Crippen MR) is 105 cm³/mol. The van der Waals surface area contributed by atoms with Crippen LogP contribution < -0.4 is 16.0 Å². The number of nitrogens with one attached hydrogen (secondary N) is 3. The second kappa shape index (κ2) is 14.2. The molecule has 6 nitrogen and oxygen atoms in total. The number of nitrogens with zero attached hydrogens (tertiary/aromatic N) is 2. The van der Waals surface area contributed by atoms with E-state index >= 15 is 0 Å². The van der Waals surface area contributed by atoms with Gasteiger partial charge < -0.3 is 10.6 Å². The molecule has 1 aliphatic heterocycles. The molecule has 0 radical (unpaired) electrons. The van der Waals surface area contributed by atoms with Crippen LogP contribution in [0.4, 0.5) is 0 Å². The average molecular weight is 400 g/mol. The number of halogens is 1. The lowest BCUT2D eigenvalue weighted by atomic mass is 10.1. The van der Waals surface area contributed by atoms with Gasteiger partial charge in [0.25, 0.3) is 0 Å². The quantitative estimate of drug-likeness (QED) is 0.624. The van der Waals surface area contributed by atoms with E-state index in [2.05, 4.69) is 48.6 Å². The Labute approximate surface area is 153 Å². The van der Waals surface area contributed by atoms with Gasteiger partial charge >= 0.3 is 0 Å². The van der Waals surface area contributed by atoms with Crippen molar-refractivity contribution in [2.75, 3.05) is 26.3 Å². The molecule has 0 saturated carbocycles. The van der Waals surface area contributed by atoms with Crippen molar-refractivity contribution in [1.82, 2.24) is 16.0 Å². The number of amidine groups is 1. The minimum atomic E-state index is 0.177. The van der Waals surface area contributed by atoms with E-state index in [-0.39, 0.29) is 5.91 Å². The zero-order chi connectivity index (χ0) is 17.5. The molecular formula is C17H30BrN5O. The maximum Gasteiger partial charge on any atom is 0.219 e. The standard InChI is InChI=1S/C17H30BrN5O/c1-19-13-15(18)17-22-12-8-4-5-9-16(24)21-11-7-3-2-6-10-20-14-23-17/h13,20H,1-12,14H2,(H,21,24)(H,22,23)/b15-13+. The number of rotatable bonds is 2. The Bertz CT molecular complexity index is 437. The van der Waals surface area contributed by atoms with Crippen LogP contribution in [0.1, 0.15) is 51.4 Å². The Morgan fingerprint density at radius 2 is 1.71 bits per heavy atom. The summed E-state index contributed by atoms with van der Waals surface area (Å²) in [5.41, 5.74) is 0. The summed E-state index contributed by atoms with van der Waals surface area (Å²) in [5, 5.41) is 9.66. The molecule has 0 unspecified atom stereocenters. The fraction of sp³-hybridized carbons (Fsp3) is 0.706. The molecule has 0 bridgehead atoms. The van der Waals surface area contributed by atoms with Gasteiger partial charge in [-0.2, -0.15) is 0 Å². The second-order valence-corrected chi connectivity index (χ2v) is 6.68. The van der Waals surface area contributed by atoms with Crippen LogP contribution in [-0.4, -0.2) is 44.8 Å². The molecular weight excluding hydrogens is 370 g/mol. The molecule has 0 atom stereocenters. The zero-order valence-electron chi connectivity index (χ0n) is 14.5. The fourth-order valence-electron chi connectivity index (χ4n) is 2.41. The molecule has 1 rings (SSSR count). The Morgan fingerprint density at radius 1 is 1.04 bits per heavy atom. The second-order valence-electron chi connectivity index (χ2n) is 5.83. The van der Waals surface area contributed by atoms with E-state index in [1.807, 2.05) is 0 Å². The van der Waals surface area contributed by atoms with Gasteiger partial charge in [0.1, 0.15) is 5.84 Å². The molecule has 7 heteroatoms. The maximum absolute atomic E-state index is 11.7. The van der Waals surface area contributed by atoms with Gasteiger partial charge in [-0.05, 0) is 54.9 Å². The molecule has 1 amide bonds. The summed E-state index contributed by atoms with van der Waals surface area (Å²) >= 11 is 3.47. The molecule has 0 aromatic carbocycles. The van der Waals surface area contributed by atoms with E-state index in [0.717, 1.165) is 68.5 Å². The van der Waals surface area contributed by atoms with Crippen molar-refractivity contribution in [2.24, 2.45) is 9.98 Å². The van der Waals surface area contributed by atoms with Crippen LogP contribution in [0.5, 0.6) is 0 Å². The number of carbonyl (C=O) groups is 1. The monoisotopic (exact) mass is 399 g/mol. The van der Waals surface area contributed by atoms with Crippen LogP contribution >= 0.6 is 15.9 Å². The van der Waals surface area contributed by atoms with Gasteiger partial charge in [0.05, 0.1) is 11.2 Å². The maximum atomic E-state index is 11.7. The molecule has 1 heterocycles. The third-order valence-corrected chi connectivity index (χ3v) is 4.34. The number of amides is 1. The SMILES string of the molecule is C=N/C=C(Br)\C1=N/CNCCCCCCNC(=O)CCCCCN1. The lowest BCUT2D eigenvalue weighted by Gasteiger charge is -2.11. The smallest absolute Gasteiger partial charge is 0.219 e. The Hall–Kier alpha value is -1.21. The highest BCUT2D eigenvalue weighted by atomic mass is 79.9. The Morgan fingerprint density at radius 3 is 2.46 bits per heavy atom. The van der Waals surface area contributed by atoms with Crippen molar-refractivity contribution in [3.05, 3.63) is 10.7 Å². The van der Waals surface area contributed by atoms with Crippen LogP contribution in [0.2, 0.25) is 0 Å². The van der Waals surface area contributed by atoms with Crippen molar-refractivity contribution in [2.45, 2.75) is 51.4 Å². The first-order valence-corrected chi connectivity index (χ1v) is 9.61. The topological polar surface area (TPSA) is 77.9 Å². The van der Waals surface area contributed by atoms with Crippen LogP contribution in [0.3, 0.4) is 0 Å². The number of hydrogen-bond acceptors (Lipinski definition) is 5. The minimum absolute atomic E-state index is 0.177. The molecule has 136 valence electrons. The van der Waals surface area contributed by atoms with E-state index in [4.69, 9.17) is 0 Å². The lowest BCUT2D eigenvalue weighted by Crippen LogP contribution is -2.27. The normalized spacial score (nSPS) is 23.0. The van der Waals surface area contributed by atoms with E-state index in [1.54, 1.807) is 6.20 Å². The summed E-state index contributed by atoms with van der Waals surface area (Å²) in [6.45, 7) is 6.63. The fourth-order valence-corrected chi connectivity index (χ4v) is 2.82. The highest BCUT2D eigenvalue weighted by Crippen LogP contribution is 2.07. The number of hydrogen-bond donors (Lipinski definition) is 3. The molecule has 0 spiro atoms. The molecule has 0 aliphatic carbocycles. The molecule has 0 saturated heterocycles. The first kappa shape index (κ1) is 20.8. The zero-order valence-corrected chi connectivity index (χ0v) is 16.0. The molecule has 3 N–H and O–H groups in total. The van der Waals surface area contributed by atoms with Gasteiger partial charge in [-0.3, -0.25) is 20.1 Å². The van der Waals surface area contributed by atoms with Crippen molar-refractivity contribution in [1.29, 1.82) is 0 Å². The van der Waals surface area contributed by atoms with E-state index in [0.29, 0.717) is 13.1 Å². The van der Waals surface area contributed by atoms with Crippen molar-refractivity contribution in [3.63, 3.8) is 0 Å². The third-order valence-electron chi connectivity index (χ3n) is 3.76. The van der Waals surface area contributed by atoms with Crippen molar-refractivity contribution >= 4 is 34.4 Å². The molecule has 1 aliphatic rings. The average Bonchev–Trinajstić information content (AvgIpc) is 2.57. The van der Waals surface area contributed by atoms with Crippen LogP contribution in [-0.2, 0) is 4.79 Å². The molecule has 0 fully saturated rings. The largest absolute Gasteiger partial charge is 0.369 e. The summed E-state index contributed by atoms with van der Waals surface area (Å²) in [6.07, 6.45) is 9.71. The number of aliphatic imine (C=N–C) groups is 2. The van der Waals surface area contributed by atoms with Crippen molar-refractivity contribution < 1.29 is 4.79 Å². The highest BCUT2D eigenvalue weighted by molar-refractivity contribution is 9.12. The highest BCUT2D eigenvalue weighted by Gasteiger charge is 2.04. The Balaban J connectivity index is 2.50. The van der Waals surface area contributed by atoms with Gasteiger partial charge in [-0.25, -0.2) is 0 Å². The van der Waals surface area contributed by atoms with Gasteiger partial charge in [-0.15, -0.1) is 0 Å². The van der Waals surface area contributed by atoms with Gasteiger partial charge in [0.2, 0.25) is 5.91 Å². The van der Waals surface area contributed by atoms with Crippen molar-refractivity contribution in [3.8, 4) is 0 Å². The van der Waals surface area contributed by atoms with E-state index in [1.165, 1.54) is 6.42 Å². The summed E-state index contributed by atoms with van der Waals surface area (Å²) in [5.74, 6) is 0.962. The summed E-state index contributed by atoms with van der Waals surface area (Å²) in [4.78, 5) is 20.0. The van der Waals surface area contributed by atoms with Crippen LogP contribution in [0, 0.1) is 0 Å². The lowest BCUT2D eigenvalue weighted by molar-refractivity contribution is -0.121. The van der Waals surface area contributed by atoms with E-state index < -0.39 is 0 Å². The third kappa shape index (κ3) is 10.5. The van der Waals surface area contributed by atoms with Gasteiger partial charge in [0.15, 0.2) is 0 Å². The van der Waals surface area contributed by atoms with Crippen LogP contribution in [0.15, 0.2) is 20.7 Å².